The number of carbonyl (C=O) groups excluding carboxylic acids is 1. The lowest BCUT2D eigenvalue weighted by Crippen LogP contribution is -2.33. The van der Waals surface area contributed by atoms with Crippen LogP contribution in [-0.4, -0.2) is 31.9 Å². The molecule has 0 bridgehead atoms. The molecule has 3 aliphatic rings. The first-order chi connectivity index (χ1) is 14.5. The maximum atomic E-state index is 13.3. The minimum absolute atomic E-state index is 0.0278. The number of hydrogen-bond donors (Lipinski definition) is 1. The van der Waals surface area contributed by atoms with E-state index >= 15 is 0 Å². The molecule has 158 valence electrons. The predicted octanol–water partition coefficient (Wildman–Crippen LogP) is 4.47. The monoisotopic (exact) mass is 408 g/mol. The zero-order chi connectivity index (χ0) is 20.9. The van der Waals surface area contributed by atoms with E-state index in [0.717, 1.165) is 59.9 Å². The molecule has 1 saturated carbocycles. The summed E-state index contributed by atoms with van der Waals surface area (Å²) in [5.74, 6) is 2.32. The van der Waals surface area contributed by atoms with Crippen molar-refractivity contribution in [2.24, 2.45) is 0 Å². The van der Waals surface area contributed by atoms with E-state index in [1.807, 2.05) is 36.4 Å². The summed E-state index contributed by atoms with van der Waals surface area (Å²) in [4.78, 5) is 15.7. The topological polar surface area (TPSA) is 60.0 Å². The SMILES string of the molecule is COc1ccc(NC(=O)C2(c3ccc4c(c3)OCO4)CC2)cc1N1C(C)CCC1C. The van der Waals surface area contributed by atoms with E-state index < -0.39 is 5.41 Å². The lowest BCUT2D eigenvalue weighted by Gasteiger charge is -2.30. The number of amides is 1. The van der Waals surface area contributed by atoms with E-state index in [9.17, 15) is 4.79 Å². The second-order valence-corrected chi connectivity index (χ2v) is 8.67. The van der Waals surface area contributed by atoms with Gasteiger partial charge in [-0.15, -0.1) is 0 Å². The summed E-state index contributed by atoms with van der Waals surface area (Å²) < 4.78 is 16.5. The fourth-order valence-electron chi connectivity index (χ4n) is 4.86. The third kappa shape index (κ3) is 3.06. The summed E-state index contributed by atoms with van der Waals surface area (Å²) in [6.07, 6.45) is 3.99. The molecule has 0 radical (unpaired) electrons. The highest BCUT2D eigenvalue weighted by Gasteiger charge is 2.51. The highest BCUT2D eigenvalue weighted by molar-refractivity contribution is 6.02. The highest BCUT2D eigenvalue weighted by atomic mass is 16.7. The summed E-state index contributed by atoms with van der Waals surface area (Å²) >= 11 is 0. The molecule has 2 fully saturated rings. The molecule has 2 aromatic rings. The normalized spacial score (nSPS) is 23.4. The van der Waals surface area contributed by atoms with E-state index in [1.165, 1.54) is 0 Å². The Morgan fingerprint density at radius 3 is 2.50 bits per heavy atom. The van der Waals surface area contributed by atoms with Crippen LogP contribution < -0.4 is 24.4 Å². The van der Waals surface area contributed by atoms with Gasteiger partial charge in [-0.05, 0) is 75.4 Å². The van der Waals surface area contributed by atoms with Gasteiger partial charge in [-0.1, -0.05) is 6.07 Å². The smallest absolute Gasteiger partial charge is 0.235 e. The quantitative estimate of drug-likeness (QED) is 0.791. The van der Waals surface area contributed by atoms with Crippen molar-refractivity contribution in [3.63, 3.8) is 0 Å². The van der Waals surface area contributed by atoms with Crippen molar-refractivity contribution < 1.29 is 19.0 Å². The Hall–Kier alpha value is -2.89. The molecule has 2 aromatic carbocycles. The Kier molecular flexibility index (Phi) is 4.53. The summed E-state index contributed by atoms with van der Waals surface area (Å²) in [6.45, 7) is 4.72. The van der Waals surface area contributed by atoms with Gasteiger partial charge in [0.2, 0.25) is 12.7 Å². The van der Waals surface area contributed by atoms with Crippen LogP contribution in [0.15, 0.2) is 36.4 Å². The molecule has 1 aliphatic carbocycles. The van der Waals surface area contributed by atoms with Crippen LogP contribution in [0.1, 0.15) is 45.1 Å². The van der Waals surface area contributed by atoms with Crippen LogP contribution in [0.2, 0.25) is 0 Å². The van der Waals surface area contributed by atoms with Gasteiger partial charge >= 0.3 is 0 Å². The molecule has 5 rings (SSSR count). The second-order valence-electron chi connectivity index (χ2n) is 8.67. The van der Waals surface area contributed by atoms with Crippen LogP contribution in [-0.2, 0) is 10.2 Å². The molecular weight excluding hydrogens is 380 g/mol. The van der Waals surface area contributed by atoms with Crippen LogP contribution >= 0.6 is 0 Å². The Bertz CT molecular complexity index is 975. The highest BCUT2D eigenvalue weighted by Crippen LogP contribution is 2.51. The zero-order valence-corrected chi connectivity index (χ0v) is 17.7. The van der Waals surface area contributed by atoms with Crippen molar-refractivity contribution in [2.75, 3.05) is 24.1 Å². The Morgan fingerprint density at radius 2 is 1.80 bits per heavy atom. The van der Waals surface area contributed by atoms with Crippen LogP contribution in [0.25, 0.3) is 0 Å². The summed E-state index contributed by atoms with van der Waals surface area (Å²) in [5, 5.41) is 3.16. The average Bonchev–Trinajstić information content (AvgIpc) is 3.31. The zero-order valence-electron chi connectivity index (χ0n) is 17.7. The fourth-order valence-corrected chi connectivity index (χ4v) is 4.86. The molecule has 0 spiro atoms. The number of rotatable bonds is 5. The Labute approximate surface area is 177 Å². The molecule has 30 heavy (non-hydrogen) atoms. The van der Waals surface area contributed by atoms with Gasteiger partial charge in [0.1, 0.15) is 5.75 Å². The van der Waals surface area contributed by atoms with Gasteiger partial charge in [-0.25, -0.2) is 0 Å². The average molecular weight is 408 g/mol. The van der Waals surface area contributed by atoms with Crippen molar-refractivity contribution in [1.82, 2.24) is 0 Å². The lowest BCUT2D eigenvalue weighted by atomic mass is 9.94. The maximum absolute atomic E-state index is 13.3. The third-order valence-electron chi connectivity index (χ3n) is 6.78. The van der Waals surface area contributed by atoms with Gasteiger partial charge in [-0.3, -0.25) is 4.79 Å². The second kappa shape index (κ2) is 7.11. The molecule has 1 amide bonds. The number of nitrogens with one attached hydrogen (secondary N) is 1. The first-order valence-corrected chi connectivity index (χ1v) is 10.7. The van der Waals surface area contributed by atoms with Crippen LogP contribution in [0, 0.1) is 0 Å². The number of hydrogen-bond acceptors (Lipinski definition) is 5. The van der Waals surface area contributed by atoms with Crippen molar-refractivity contribution in [3.05, 3.63) is 42.0 Å². The lowest BCUT2D eigenvalue weighted by molar-refractivity contribution is -0.118. The maximum Gasteiger partial charge on any atom is 0.235 e. The number of carbonyl (C=O) groups is 1. The van der Waals surface area contributed by atoms with Crippen molar-refractivity contribution >= 4 is 17.3 Å². The largest absolute Gasteiger partial charge is 0.495 e. The van der Waals surface area contributed by atoms with Crippen molar-refractivity contribution in [1.29, 1.82) is 0 Å². The van der Waals surface area contributed by atoms with Gasteiger partial charge in [-0.2, -0.15) is 0 Å². The van der Waals surface area contributed by atoms with Gasteiger partial charge < -0.3 is 24.4 Å². The molecule has 6 heteroatoms. The Morgan fingerprint density at radius 1 is 1.07 bits per heavy atom. The minimum atomic E-state index is -0.491. The van der Waals surface area contributed by atoms with Crippen molar-refractivity contribution in [3.8, 4) is 17.2 Å². The van der Waals surface area contributed by atoms with Crippen LogP contribution in [0.4, 0.5) is 11.4 Å². The van der Waals surface area contributed by atoms with E-state index in [1.54, 1.807) is 7.11 Å². The Balaban J connectivity index is 1.40. The third-order valence-corrected chi connectivity index (χ3v) is 6.78. The number of ether oxygens (including phenoxy) is 3. The minimum Gasteiger partial charge on any atom is -0.495 e. The molecule has 1 saturated heterocycles. The van der Waals surface area contributed by atoms with Crippen LogP contribution in [0.5, 0.6) is 17.2 Å². The van der Waals surface area contributed by atoms with E-state index in [4.69, 9.17) is 14.2 Å². The number of methoxy groups -OCH3 is 1. The van der Waals surface area contributed by atoms with Gasteiger partial charge in [0.05, 0.1) is 18.2 Å². The van der Waals surface area contributed by atoms with E-state index in [0.29, 0.717) is 12.1 Å². The van der Waals surface area contributed by atoms with Gasteiger partial charge in [0.15, 0.2) is 11.5 Å². The fraction of sp³-hybridized carbons (Fsp3) is 0.458. The van der Waals surface area contributed by atoms with Crippen LogP contribution in [0.3, 0.4) is 0 Å². The first kappa shape index (κ1) is 19.1. The predicted molar refractivity (Wildman–Crippen MR) is 116 cm³/mol. The molecular formula is C24H28N2O4. The molecule has 6 nitrogen and oxygen atoms in total. The summed E-state index contributed by atoms with van der Waals surface area (Å²) in [5.41, 5.74) is 2.34. The summed E-state index contributed by atoms with van der Waals surface area (Å²) in [6, 6.07) is 12.6. The van der Waals surface area contributed by atoms with E-state index in [2.05, 4.69) is 24.1 Å². The number of anilines is 2. The molecule has 2 unspecified atom stereocenters. The molecule has 2 atom stereocenters. The molecule has 0 aromatic heterocycles. The standard InChI is InChI=1S/C24H28N2O4/c1-15-4-5-16(2)26(15)19-13-18(7-9-20(19)28-3)25-23(27)24(10-11-24)17-6-8-21-22(12-17)30-14-29-21/h6-9,12-13,15-16H,4-5,10-11,14H2,1-3H3,(H,25,27). The van der Waals surface area contributed by atoms with Crippen molar-refractivity contribution in [2.45, 2.75) is 57.0 Å². The summed E-state index contributed by atoms with van der Waals surface area (Å²) in [7, 11) is 1.70. The molecule has 2 aliphatic heterocycles. The molecule has 2 heterocycles. The number of fused-ring (bicyclic) bond motifs is 1. The number of nitrogens with zero attached hydrogens (tertiary/aromatic N) is 1. The number of benzene rings is 2. The first-order valence-electron chi connectivity index (χ1n) is 10.7. The van der Waals surface area contributed by atoms with E-state index in [-0.39, 0.29) is 12.7 Å². The molecule has 1 N–H and O–H groups in total. The van der Waals surface area contributed by atoms with Gasteiger partial charge in [0.25, 0.3) is 0 Å². The van der Waals surface area contributed by atoms with Gasteiger partial charge in [0, 0.05) is 17.8 Å².